The lowest BCUT2D eigenvalue weighted by molar-refractivity contribution is 0.0684. The van der Waals surface area contributed by atoms with E-state index >= 15 is 0 Å². The molecule has 0 aliphatic carbocycles. The molecule has 0 saturated carbocycles. The minimum absolute atomic E-state index is 0.0310. The number of rotatable bonds is 2. The van der Waals surface area contributed by atoms with Gasteiger partial charge in [-0.25, -0.2) is 0 Å². The van der Waals surface area contributed by atoms with Gasteiger partial charge in [0.1, 0.15) is 5.58 Å². The molecule has 3 aromatic rings. The van der Waals surface area contributed by atoms with Gasteiger partial charge in [-0.1, -0.05) is 18.2 Å². The van der Waals surface area contributed by atoms with Crippen molar-refractivity contribution < 1.29 is 13.6 Å². The summed E-state index contributed by atoms with van der Waals surface area (Å²) in [5, 5.41) is 8.98. The second-order valence-electron chi connectivity index (χ2n) is 6.27. The Morgan fingerprint density at radius 3 is 2.62 bits per heavy atom. The molecule has 2 aromatic heterocycles. The standard InChI is InChI=1S/C18H19N3O3/c1-11-7-6-8-13-12(2)15(23-14(11)13)16-19-20-17(24-16)18(22)21-9-4-3-5-10-21/h6-8H,3-5,9-10H2,1-2H3. The average Bonchev–Trinajstić information content (AvgIpc) is 3.21. The Morgan fingerprint density at radius 1 is 1.08 bits per heavy atom. The molecule has 0 unspecified atom stereocenters. The van der Waals surface area contributed by atoms with Crippen LogP contribution in [0.15, 0.2) is 27.0 Å². The van der Waals surface area contributed by atoms with Gasteiger partial charge >= 0.3 is 11.8 Å². The number of carbonyl (C=O) groups excluding carboxylic acids is 1. The van der Waals surface area contributed by atoms with E-state index in [-0.39, 0.29) is 17.7 Å². The van der Waals surface area contributed by atoms with Crippen molar-refractivity contribution in [2.24, 2.45) is 0 Å². The zero-order chi connectivity index (χ0) is 16.7. The lowest BCUT2D eigenvalue weighted by Gasteiger charge is -2.24. The van der Waals surface area contributed by atoms with Crippen molar-refractivity contribution in [3.8, 4) is 11.7 Å². The maximum absolute atomic E-state index is 12.5. The van der Waals surface area contributed by atoms with Gasteiger partial charge in [-0.2, -0.15) is 0 Å². The van der Waals surface area contributed by atoms with E-state index in [1.54, 1.807) is 4.90 Å². The summed E-state index contributed by atoms with van der Waals surface area (Å²) >= 11 is 0. The number of aromatic nitrogens is 2. The van der Waals surface area contributed by atoms with Crippen molar-refractivity contribution in [1.82, 2.24) is 15.1 Å². The molecule has 1 aliphatic heterocycles. The first kappa shape index (κ1) is 14.9. The molecule has 1 aromatic carbocycles. The summed E-state index contributed by atoms with van der Waals surface area (Å²) in [6.07, 6.45) is 3.21. The maximum Gasteiger partial charge on any atom is 0.311 e. The normalized spacial score (nSPS) is 15.2. The van der Waals surface area contributed by atoms with Gasteiger partial charge in [-0.3, -0.25) is 4.79 Å². The summed E-state index contributed by atoms with van der Waals surface area (Å²) < 4.78 is 11.6. The van der Waals surface area contributed by atoms with E-state index in [4.69, 9.17) is 8.83 Å². The van der Waals surface area contributed by atoms with Gasteiger partial charge in [0, 0.05) is 24.0 Å². The van der Waals surface area contributed by atoms with E-state index in [0.29, 0.717) is 5.76 Å². The molecule has 0 N–H and O–H groups in total. The molecular weight excluding hydrogens is 306 g/mol. The lowest BCUT2D eigenvalue weighted by atomic mass is 10.1. The Labute approximate surface area is 139 Å². The highest BCUT2D eigenvalue weighted by Crippen LogP contribution is 2.33. The minimum Gasteiger partial charge on any atom is -0.450 e. The van der Waals surface area contributed by atoms with Crippen LogP contribution in [0.25, 0.3) is 22.6 Å². The highest BCUT2D eigenvalue weighted by Gasteiger charge is 2.25. The van der Waals surface area contributed by atoms with Crippen LogP contribution in [0.5, 0.6) is 0 Å². The number of piperidine rings is 1. The first-order chi connectivity index (χ1) is 11.6. The van der Waals surface area contributed by atoms with Gasteiger partial charge in [0.15, 0.2) is 5.76 Å². The molecule has 1 amide bonds. The van der Waals surface area contributed by atoms with Crippen LogP contribution in [0.3, 0.4) is 0 Å². The quantitative estimate of drug-likeness (QED) is 0.718. The van der Waals surface area contributed by atoms with E-state index in [1.807, 2.05) is 32.0 Å². The number of nitrogens with zero attached hydrogens (tertiary/aromatic N) is 3. The largest absolute Gasteiger partial charge is 0.450 e. The van der Waals surface area contributed by atoms with E-state index in [9.17, 15) is 4.79 Å². The van der Waals surface area contributed by atoms with Crippen molar-refractivity contribution in [1.29, 1.82) is 0 Å². The summed E-state index contributed by atoms with van der Waals surface area (Å²) in [7, 11) is 0. The number of carbonyl (C=O) groups is 1. The molecule has 1 aliphatic rings. The van der Waals surface area contributed by atoms with Gasteiger partial charge < -0.3 is 13.7 Å². The Bertz CT molecular complexity index is 904. The Hall–Kier alpha value is -2.63. The molecule has 124 valence electrons. The van der Waals surface area contributed by atoms with Crippen LogP contribution in [-0.4, -0.2) is 34.1 Å². The molecule has 4 rings (SSSR count). The van der Waals surface area contributed by atoms with Crippen molar-refractivity contribution in [3.63, 3.8) is 0 Å². The van der Waals surface area contributed by atoms with Gasteiger partial charge in [0.25, 0.3) is 5.89 Å². The monoisotopic (exact) mass is 325 g/mol. The van der Waals surface area contributed by atoms with Crippen molar-refractivity contribution in [2.75, 3.05) is 13.1 Å². The summed E-state index contributed by atoms with van der Waals surface area (Å²) in [6.45, 7) is 5.45. The molecule has 3 heterocycles. The zero-order valence-electron chi connectivity index (χ0n) is 13.8. The Morgan fingerprint density at radius 2 is 1.88 bits per heavy atom. The molecule has 0 bridgehead atoms. The van der Waals surface area contributed by atoms with Crippen LogP contribution < -0.4 is 0 Å². The third-order valence-corrected chi connectivity index (χ3v) is 4.61. The van der Waals surface area contributed by atoms with Crippen LogP contribution in [0.2, 0.25) is 0 Å². The first-order valence-electron chi connectivity index (χ1n) is 8.27. The second kappa shape index (κ2) is 5.78. The SMILES string of the molecule is Cc1c(-c2nnc(C(=O)N3CCCCC3)o2)oc2c(C)cccc12. The fourth-order valence-corrected chi connectivity index (χ4v) is 3.22. The second-order valence-corrected chi connectivity index (χ2v) is 6.27. The molecule has 1 saturated heterocycles. The lowest BCUT2D eigenvalue weighted by Crippen LogP contribution is -2.35. The summed E-state index contributed by atoms with van der Waals surface area (Å²) in [6, 6.07) is 5.98. The molecular formula is C18H19N3O3. The summed E-state index contributed by atoms with van der Waals surface area (Å²) in [5.74, 6) is 0.620. The average molecular weight is 325 g/mol. The molecule has 6 nitrogen and oxygen atoms in total. The molecule has 0 radical (unpaired) electrons. The predicted octanol–water partition coefficient (Wildman–Crippen LogP) is 3.73. The van der Waals surface area contributed by atoms with Gasteiger partial charge in [-0.15, -0.1) is 10.2 Å². The third-order valence-electron chi connectivity index (χ3n) is 4.61. The molecule has 0 atom stereocenters. The highest BCUT2D eigenvalue weighted by molar-refractivity contribution is 5.91. The smallest absolute Gasteiger partial charge is 0.311 e. The molecule has 24 heavy (non-hydrogen) atoms. The van der Waals surface area contributed by atoms with Gasteiger partial charge in [0.2, 0.25) is 0 Å². The fraction of sp³-hybridized carbons (Fsp3) is 0.389. The zero-order valence-corrected chi connectivity index (χ0v) is 13.8. The number of hydrogen-bond acceptors (Lipinski definition) is 5. The van der Waals surface area contributed by atoms with Crippen LogP contribution in [0, 0.1) is 13.8 Å². The van der Waals surface area contributed by atoms with E-state index in [0.717, 1.165) is 54.4 Å². The van der Waals surface area contributed by atoms with Crippen LogP contribution in [0.4, 0.5) is 0 Å². The number of aryl methyl sites for hydroxylation is 2. The topological polar surface area (TPSA) is 72.4 Å². The minimum atomic E-state index is -0.196. The molecule has 0 spiro atoms. The number of likely N-dealkylation sites (tertiary alicyclic amines) is 1. The highest BCUT2D eigenvalue weighted by atomic mass is 16.4. The Balaban J connectivity index is 1.69. The van der Waals surface area contributed by atoms with Gasteiger partial charge in [-0.05, 0) is 38.7 Å². The maximum atomic E-state index is 12.5. The number of furan rings is 1. The first-order valence-corrected chi connectivity index (χ1v) is 8.27. The number of para-hydroxylation sites is 1. The third kappa shape index (κ3) is 2.38. The van der Waals surface area contributed by atoms with E-state index in [1.165, 1.54) is 0 Å². The summed E-state index contributed by atoms with van der Waals surface area (Å²) in [5.41, 5.74) is 2.80. The molecule has 6 heteroatoms. The fourth-order valence-electron chi connectivity index (χ4n) is 3.22. The number of amides is 1. The van der Waals surface area contributed by atoms with Gasteiger partial charge in [0.05, 0.1) is 0 Å². The number of hydrogen-bond donors (Lipinski definition) is 0. The van der Waals surface area contributed by atoms with E-state index < -0.39 is 0 Å². The molecule has 1 fully saturated rings. The Kier molecular flexibility index (Phi) is 3.59. The van der Waals surface area contributed by atoms with Crippen molar-refractivity contribution in [2.45, 2.75) is 33.1 Å². The number of benzene rings is 1. The van der Waals surface area contributed by atoms with E-state index in [2.05, 4.69) is 10.2 Å². The predicted molar refractivity (Wildman–Crippen MR) is 88.7 cm³/mol. The summed E-state index contributed by atoms with van der Waals surface area (Å²) in [4.78, 5) is 14.2. The van der Waals surface area contributed by atoms with Crippen LogP contribution >= 0.6 is 0 Å². The van der Waals surface area contributed by atoms with Crippen LogP contribution in [-0.2, 0) is 0 Å². The van der Waals surface area contributed by atoms with Crippen LogP contribution in [0.1, 0.15) is 41.1 Å². The van der Waals surface area contributed by atoms with Crippen molar-refractivity contribution in [3.05, 3.63) is 35.2 Å². The van der Waals surface area contributed by atoms with Crippen molar-refractivity contribution >= 4 is 16.9 Å². The number of fused-ring (bicyclic) bond motifs is 1.